The van der Waals surface area contributed by atoms with Gasteiger partial charge in [0.2, 0.25) is 0 Å². The second-order valence-electron chi connectivity index (χ2n) is 5.83. The Labute approximate surface area is 122 Å². The summed E-state index contributed by atoms with van der Waals surface area (Å²) < 4.78 is 0. The summed E-state index contributed by atoms with van der Waals surface area (Å²) in [5.41, 5.74) is 3.44. The number of aliphatic hydroxyl groups is 1. The fourth-order valence-electron chi connectivity index (χ4n) is 2.41. The fraction of sp³-hybridized carbons (Fsp3) is 0.368. The third-order valence-corrected chi connectivity index (χ3v) is 3.66. The molecule has 2 aromatic rings. The quantitative estimate of drug-likeness (QED) is 0.762. The molecule has 0 fully saturated rings. The van der Waals surface area contributed by atoms with Crippen molar-refractivity contribution in [2.45, 2.75) is 39.2 Å². The largest absolute Gasteiger partial charge is 0.388 e. The minimum Gasteiger partial charge on any atom is -0.388 e. The van der Waals surface area contributed by atoms with Gasteiger partial charge in [-0.3, -0.25) is 0 Å². The zero-order valence-electron chi connectivity index (χ0n) is 12.4. The first-order valence-corrected chi connectivity index (χ1v) is 7.50. The van der Waals surface area contributed by atoms with Crippen LogP contribution >= 0.6 is 0 Å². The average molecular weight is 268 g/mol. The smallest absolute Gasteiger partial charge is 0.0790 e. The minimum atomic E-state index is -0.335. The molecule has 1 atom stereocenters. The number of aliphatic hydroxyl groups excluding tert-OH is 1. The molecule has 1 heteroatoms. The van der Waals surface area contributed by atoms with Crippen LogP contribution in [0.4, 0.5) is 0 Å². The lowest BCUT2D eigenvalue weighted by molar-refractivity contribution is 0.162. The van der Waals surface area contributed by atoms with Crippen LogP contribution in [0.15, 0.2) is 54.6 Å². The van der Waals surface area contributed by atoms with Crippen LogP contribution in [0, 0.1) is 5.92 Å². The summed E-state index contributed by atoms with van der Waals surface area (Å²) >= 11 is 0. The van der Waals surface area contributed by atoms with E-state index in [-0.39, 0.29) is 6.10 Å². The molecule has 2 aromatic carbocycles. The number of benzene rings is 2. The zero-order chi connectivity index (χ0) is 14.4. The van der Waals surface area contributed by atoms with Gasteiger partial charge in [0, 0.05) is 0 Å². The standard InChI is InChI=1S/C19H24O/c1-15(2)7-6-10-19(20)18-13-11-17(12-14-18)16-8-4-3-5-9-16/h3-5,8-9,11-15,19-20H,6-7,10H2,1-2H3. The van der Waals surface area contributed by atoms with Crippen molar-refractivity contribution in [3.05, 3.63) is 60.2 Å². The van der Waals surface area contributed by atoms with E-state index >= 15 is 0 Å². The molecule has 0 saturated heterocycles. The number of hydrogen-bond acceptors (Lipinski definition) is 1. The molecule has 0 heterocycles. The van der Waals surface area contributed by atoms with Gasteiger partial charge in [-0.05, 0) is 29.0 Å². The van der Waals surface area contributed by atoms with E-state index in [9.17, 15) is 5.11 Å². The Morgan fingerprint density at radius 2 is 1.40 bits per heavy atom. The molecule has 0 amide bonds. The Balaban J connectivity index is 1.97. The predicted octanol–water partition coefficient (Wildman–Crippen LogP) is 5.21. The topological polar surface area (TPSA) is 20.2 Å². The lowest BCUT2D eigenvalue weighted by atomic mass is 9.98. The normalized spacial score (nSPS) is 12.6. The highest BCUT2D eigenvalue weighted by Crippen LogP contribution is 2.24. The van der Waals surface area contributed by atoms with Crippen LogP contribution < -0.4 is 0 Å². The molecule has 0 aliphatic carbocycles. The van der Waals surface area contributed by atoms with Gasteiger partial charge >= 0.3 is 0 Å². The molecule has 0 aliphatic rings. The summed E-state index contributed by atoms with van der Waals surface area (Å²) in [5, 5.41) is 10.2. The second kappa shape index (κ2) is 7.25. The van der Waals surface area contributed by atoms with Crippen LogP contribution in [0.5, 0.6) is 0 Å². The number of hydrogen-bond donors (Lipinski definition) is 1. The first kappa shape index (κ1) is 14.8. The van der Waals surface area contributed by atoms with Crippen LogP contribution in [-0.4, -0.2) is 5.11 Å². The summed E-state index contributed by atoms with van der Waals surface area (Å²) in [6, 6.07) is 18.6. The van der Waals surface area contributed by atoms with Gasteiger partial charge < -0.3 is 5.11 Å². The first-order chi connectivity index (χ1) is 9.66. The Morgan fingerprint density at radius 3 is 2.00 bits per heavy atom. The van der Waals surface area contributed by atoms with Gasteiger partial charge in [-0.15, -0.1) is 0 Å². The maximum absolute atomic E-state index is 10.2. The third-order valence-electron chi connectivity index (χ3n) is 3.66. The predicted molar refractivity (Wildman–Crippen MR) is 85.5 cm³/mol. The van der Waals surface area contributed by atoms with Gasteiger partial charge in [0.1, 0.15) is 0 Å². The Kier molecular flexibility index (Phi) is 5.37. The van der Waals surface area contributed by atoms with Crippen molar-refractivity contribution >= 4 is 0 Å². The van der Waals surface area contributed by atoms with Crippen LogP contribution in [0.1, 0.15) is 44.8 Å². The lowest BCUT2D eigenvalue weighted by Gasteiger charge is -2.12. The molecule has 2 rings (SSSR count). The molecule has 1 nitrogen and oxygen atoms in total. The van der Waals surface area contributed by atoms with E-state index in [1.807, 2.05) is 30.3 Å². The minimum absolute atomic E-state index is 0.335. The summed E-state index contributed by atoms with van der Waals surface area (Å²) in [4.78, 5) is 0. The van der Waals surface area contributed by atoms with E-state index < -0.39 is 0 Å². The van der Waals surface area contributed by atoms with Crippen molar-refractivity contribution in [1.29, 1.82) is 0 Å². The van der Waals surface area contributed by atoms with Crippen molar-refractivity contribution in [2.75, 3.05) is 0 Å². The highest BCUT2D eigenvalue weighted by Gasteiger charge is 2.08. The molecule has 0 spiro atoms. The van der Waals surface area contributed by atoms with Crippen molar-refractivity contribution in [3.63, 3.8) is 0 Å². The molecule has 0 bridgehead atoms. The first-order valence-electron chi connectivity index (χ1n) is 7.50. The Hall–Kier alpha value is -1.60. The van der Waals surface area contributed by atoms with E-state index in [0.29, 0.717) is 5.92 Å². The monoisotopic (exact) mass is 268 g/mol. The molecular formula is C19H24O. The van der Waals surface area contributed by atoms with Crippen LogP contribution in [0.25, 0.3) is 11.1 Å². The van der Waals surface area contributed by atoms with Gasteiger partial charge in [-0.25, -0.2) is 0 Å². The van der Waals surface area contributed by atoms with Crippen molar-refractivity contribution in [3.8, 4) is 11.1 Å². The van der Waals surface area contributed by atoms with Crippen molar-refractivity contribution in [1.82, 2.24) is 0 Å². The van der Waals surface area contributed by atoms with Crippen LogP contribution in [-0.2, 0) is 0 Å². The summed E-state index contributed by atoms with van der Waals surface area (Å²) in [7, 11) is 0. The van der Waals surface area contributed by atoms with Crippen molar-refractivity contribution < 1.29 is 5.11 Å². The fourth-order valence-corrected chi connectivity index (χ4v) is 2.41. The van der Waals surface area contributed by atoms with E-state index in [0.717, 1.165) is 18.4 Å². The highest BCUT2D eigenvalue weighted by atomic mass is 16.3. The second-order valence-corrected chi connectivity index (χ2v) is 5.83. The molecule has 0 aliphatic heterocycles. The average Bonchev–Trinajstić information content (AvgIpc) is 2.48. The molecule has 0 radical (unpaired) electrons. The molecular weight excluding hydrogens is 244 g/mol. The SMILES string of the molecule is CC(C)CCCC(O)c1ccc(-c2ccccc2)cc1. The van der Waals surface area contributed by atoms with E-state index in [2.05, 4.69) is 38.1 Å². The Bertz CT molecular complexity index is 499. The van der Waals surface area contributed by atoms with Gasteiger partial charge in [0.15, 0.2) is 0 Å². The molecule has 0 saturated carbocycles. The van der Waals surface area contributed by atoms with Gasteiger partial charge in [0.05, 0.1) is 6.10 Å². The van der Waals surface area contributed by atoms with Crippen LogP contribution in [0.2, 0.25) is 0 Å². The molecule has 106 valence electrons. The van der Waals surface area contributed by atoms with Crippen molar-refractivity contribution in [2.24, 2.45) is 5.92 Å². The molecule has 20 heavy (non-hydrogen) atoms. The molecule has 1 N–H and O–H groups in total. The summed E-state index contributed by atoms with van der Waals surface area (Å²) in [5.74, 6) is 0.711. The lowest BCUT2D eigenvalue weighted by Crippen LogP contribution is -1.98. The maximum atomic E-state index is 10.2. The molecule has 0 aromatic heterocycles. The molecule has 1 unspecified atom stereocenters. The van der Waals surface area contributed by atoms with E-state index in [1.54, 1.807) is 0 Å². The van der Waals surface area contributed by atoms with Gasteiger partial charge in [-0.1, -0.05) is 81.3 Å². The van der Waals surface area contributed by atoms with Crippen LogP contribution in [0.3, 0.4) is 0 Å². The van der Waals surface area contributed by atoms with Gasteiger partial charge in [-0.2, -0.15) is 0 Å². The van der Waals surface area contributed by atoms with Gasteiger partial charge in [0.25, 0.3) is 0 Å². The third kappa shape index (κ3) is 4.21. The summed E-state index contributed by atoms with van der Waals surface area (Å²) in [6.07, 6.45) is 2.78. The highest BCUT2D eigenvalue weighted by molar-refractivity contribution is 5.63. The van der Waals surface area contributed by atoms with E-state index in [1.165, 1.54) is 17.5 Å². The summed E-state index contributed by atoms with van der Waals surface area (Å²) in [6.45, 7) is 4.45. The number of rotatable bonds is 6. The maximum Gasteiger partial charge on any atom is 0.0790 e. The zero-order valence-corrected chi connectivity index (χ0v) is 12.4. The Morgan fingerprint density at radius 1 is 0.800 bits per heavy atom. The van der Waals surface area contributed by atoms with E-state index in [4.69, 9.17) is 0 Å².